The number of fused-ring (bicyclic) bond motifs is 1. The Morgan fingerprint density at radius 2 is 1.89 bits per heavy atom. The Morgan fingerprint density at radius 3 is 2.56 bits per heavy atom. The van der Waals surface area contributed by atoms with E-state index in [-0.39, 0.29) is 18.2 Å². The van der Waals surface area contributed by atoms with Gasteiger partial charge in [-0.3, -0.25) is 0 Å². The average Bonchev–Trinajstić information content (AvgIpc) is 2.81. The van der Waals surface area contributed by atoms with E-state index >= 15 is 0 Å². The monoisotopic (exact) mass is 247 g/mol. The topological polar surface area (TPSA) is 34.4 Å². The molecule has 2 aromatic rings. The number of hydrogen-bond donors (Lipinski definition) is 1. The lowest BCUT2D eigenvalue weighted by Gasteiger charge is -2.23. The summed E-state index contributed by atoms with van der Waals surface area (Å²) < 4.78 is 11.2. The van der Waals surface area contributed by atoms with Gasteiger partial charge in [0.2, 0.25) is 0 Å². The first-order valence-electron chi connectivity index (χ1n) is 6.39. The second-order valence-corrected chi connectivity index (χ2v) is 4.80. The molecule has 0 aliphatic carbocycles. The van der Waals surface area contributed by atoms with E-state index in [1.54, 1.807) is 7.11 Å². The molecule has 1 heterocycles. The molecule has 0 saturated carbocycles. The Kier molecular flexibility index (Phi) is 4.04. The Bertz CT molecular complexity index is 473. The van der Waals surface area contributed by atoms with Crippen molar-refractivity contribution in [3.8, 4) is 0 Å². The number of rotatable bonds is 5. The van der Waals surface area contributed by atoms with Crippen LogP contribution in [-0.4, -0.2) is 19.3 Å². The van der Waals surface area contributed by atoms with Gasteiger partial charge in [-0.1, -0.05) is 18.2 Å². The quantitative estimate of drug-likeness (QED) is 0.878. The van der Waals surface area contributed by atoms with Crippen LogP contribution in [0.5, 0.6) is 0 Å². The van der Waals surface area contributed by atoms with Gasteiger partial charge in [-0.15, -0.1) is 0 Å². The molecule has 1 aromatic heterocycles. The molecule has 0 spiro atoms. The molecule has 0 fully saturated rings. The number of para-hydroxylation sites is 1. The molecule has 1 aromatic carbocycles. The van der Waals surface area contributed by atoms with Crippen LogP contribution in [-0.2, 0) is 4.74 Å². The summed E-state index contributed by atoms with van der Waals surface area (Å²) in [7, 11) is 1.73. The van der Waals surface area contributed by atoms with Gasteiger partial charge < -0.3 is 14.5 Å². The zero-order valence-corrected chi connectivity index (χ0v) is 11.4. The van der Waals surface area contributed by atoms with Gasteiger partial charge in [0, 0.05) is 18.5 Å². The third kappa shape index (κ3) is 2.74. The highest BCUT2D eigenvalue weighted by Crippen LogP contribution is 2.24. The van der Waals surface area contributed by atoms with E-state index in [4.69, 9.17) is 9.15 Å². The number of nitrogens with one attached hydrogen (secondary N) is 1. The summed E-state index contributed by atoms with van der Waals surface area (Å²) in [6.07, 6.45) is 0.178. The van der Waals surface area contributed by atoms with Crippen molar-refractivity contribution in [2.45, 2.75) is 39.0 Å². The standard InChI is InChI=1S/C15H21NO2/c1-10(12(3)17-4)16-11(2)15-9-13-7-5-6-8-14(13)18-15/h5-12,16H,1-4H3. The Morgan fingerprint density at radius 1 is 1.17 bits per heavy atom. The van der Waals surface area contributed by atoms with Gasteiger partial charge in [0.25, 0.3) is 0 Å². The summed E-state index contributed by atoms with van der Waals surface area (Å²) in [4.78, 5) is 0. The summed E-state index contributed by atoms with van der Waals surface area (Å²) in [5, 5.41) is 4.64. The van der Waals surface area contributed by atoms with Crippen molar-refractivity contribution in [1.82, 2.24) is 5.32 Å². The fraction of sp³-hybridized carbons (Fsp3) is 0.467. The molecule has 0 aliphatic heterocycles. The first-order chi connectivity index (χ1) is 8.61. The molecule has 1 N–H and O–H groups in total. The minimum Gasteiger partial charge on any atom is -0.459 e. The van der Waals surface area contributed by atoms with E-state index in [2.05, 4.69) is 38.2 Å². The van der Waals surface area contributed by atoms with Crippen LogP contribution in [0, 0.1) is 0 Å². The molecule has 0 radical (unpaired) electrons. The highest BCUT2D eigenvalue weighted by Gasteiger charge is 2.17. The summed E-state index contributed by atoms with van der Waals surface area (Å²) in [5.41, 5.74) is 0.939. The van der Waals surface area contributed by atoms with Gasteiger partial charge in [-0.05, 0) is 32.9 Å². The molecule has 3 heteroatoms. The highest BCUT2D eigenvalue weighted by atomic mass is 16.5. The molecule has 0 bridgehead atoms. The van der Waals surface area contributed by atoms with Crippen LogP contribution in [0.15, 0.2) is 34.7 Å². The van der Waals surface area contributed by atoms with Crippen LogP contribution in [0.1, 0.15) is 32.6 Å². The van der Waals surface area contributed by atoms with Gasteiger partial charge in [-0.25, -0.2) is 0 Å². The van der Waals surface area contributed by atoms with Crippen molar-refractivity contribution in [3.63, 3.8) is 0 Å². The number of furan rings is 1. The summed E-state index contributed by atoms with van der Waals surface area (Å²) in [6.45, 7) is 6.28. The van der Waals surface area contributed by atoms with Crippen LogP contribution in [0.2, 0.25) is 0 Å². The van der Waals surface area contributed by atoms with Crippen molar-refractivity contribution < 1.29 is 9.15 Å². The highest BCUT2D eigenvalue weighted by molar-refractivity contribution is 5.77. The zero-order chi connectivity index (χ0) is 13.1. The molecule has 3 unspecified atom stereocenters. The average molecular weight is 247 g/mol. The predicted octanol–water partition coefficient (Wildman–Crippen LogP) is 3.51. The van der Waals surface area contributed by atoms with Gasteiger partial charge in [-0.2, -0.15) is 0 Å². The minimum absolute atomic E-state index is 0.171. The van der Waals surface area contributed by atoms with Crippen LogP contribution in [0.3, 0.4) is 0 Å². The third-order valence-corrected chi connectivity index (χ3v) is 3.46. The number of methoxy groups -OCH3 is 1. The lowest BCUT2D eigenvalue weighted by Crippen LogP contribution is -2.38. The van der Waals surface area contributed by atoms with E-state index in [9.17, 15) is 0 Å². The molecule has 0 amide bonds. The summed E-state index contributed by atoms with van der Waals surface area (Å²) >= 11 is 0. The Balaban J connectivity index is 2.11. The smallest absolute Gasteiger partial charge is 0.134 e. The van der Waals surface area contributed by atoms with E-state index in [1.165, 1.54) is 0 Å². The van der Waals surface area contributed by atoms with Crippen LogP contribution >= 0.6 is 0 Å². The van der Waals surface area contributed by atoms with Crippen LogP contribution in [0.4, 0.5) is 0 Å². The van der Waals surface area contributed by atoms with Crippen molar-refractivity contribution in [1.29, 1.82) is 0 Å². The lowest BCUT2D eigenvalue weighted by molar-refractivity contribution is 0.0842. The van der Waals surface area contributed by atoms with Gasteiger partial charge in [0.05, 0.1) is 12.1 Å². The Labute approximate surface area is 108 Å². The van der Waals surface area contributed by atoms with Crippen molar-refractivity contribution in [3.05, 3.63) is 36.1 Å². The molecule has 3 atom stereocenters. The summed E-state index contributed by atoms with van der Waals surface area (Å²) in [5.74, 6) is 0.964. The van der Waals surface area contributed by atoms with E-state index < -0.39 is 0 Å². The van der Waals surface area contributed by atoms with Crippen molar-refractivity contribution >= 4 is 11.0 Å². The maximum Gasteiger partial charge on any atom is 0.134 e. The fourth-order valence-electron chi connectivity index (χ4n) is 2.03. The number of ether oxygens (including phenoxy) is 1. The Hall–Kier alpha value is -1.32. The minimum atomic E-state index is 0.171. The maximum absolute atomic E-state index is 5.84. The molecule has 0 aliphatic rings. The van der Waals surface area contributed by atoms with E-state index in [1.807, 2.05) is 18.2 Å². The van der Waals surface area contributed by atoms with Gasteiger partial charge >= 0.3 is 0 Å². The predicted molar refractivity (Wildman–Crippen MR) is 73.7 cm³/mol. The second-order valence-electron chi connectivity index (χ2n) is 4.80. The van der Waals surface area contributed by atoms with Crippen LogP contribution < -0.4 is 5.32 Å². The van der Waals surface area contributed by atoms with Crippen LogP contribution in [0.25, 0.3) is 11.0 Å². The van der Waals surface area contributed by atoms with Gasteiger partial charge in [0.1, 0.15) is 11.3 Å². The molecule has 3 nitrogen and oxygen atoms in total. The molecular formula is C15H21NO2. The number of benzene rings is 1. The molecule has 2 rings (SSSR count). The fourth-order valence-corrected chi connectivity index (χ4v) is 2.03. The van der Waals surface area contributed by atoms with Gasteiger partial charge in [0.15, 0.2) is 0 Å². The van der Waals surface area contributed by atoms with E-state index in [0.29, 0.717) is 0 Å². The van der Waals surface area contributed by atoms with Crippen molar-refractivity contribution in [2.24, 2.45) is 0 Å². The van der Waals surface area contributed by atoms with E-state index in [0.717, 1.165) is 16.7 Å². The normalized spacial score (nSPS) is 16.7. The maximum atomic E-state index is 5.84. The molecule has 98 valence electrons. The first kappa shape index (κ1) is 13.1. The second kappa shape index (κ2) is 5.55. The lowest BCUT2D eigenvalue weighted by atomic mass is 10.1. The summed E-state index contributed by atoms with van der Waals surface area (Å²) in [6, 6.07) is 10.6. The molecular weight excluding hydrogens is 226 g/mol. The third-order valence-electron chi connectivity index (χ3n) is 3.46. The largest absolute Gasteiger partial charge is 0.459 e. The zero-order valence-electron chi connectivity index (χ0n) is 11.4. The molecule has 18 heavy (non-hydrogen) atoms. The van der Waals surface area contributed by atoms with Crippen molar-refractivity contribution in [2.75, 3.05) is 7.11 Å². The number of hydrogen-bond acceptors (Lipinski definition) is 3. The first-order valence-corrected chi connectivity index (χ1v) is 6.39. The molecule has 0 saturated heterocycles. The SMILES string of the molecule is COC(C)C(C)NC(C)c1cc2ccccc2o1.